The quantitative estimate of drug-likeness (QED) is 0.306. The molecule has 3 aromatic heterocycles. The lowest BCUT2D eigenvalue weighted by Gasteiger charge is -2.48. The highest BCUT2D eigenvalue weighted by molar-refractivity contribution is 7.20. The second-order valence-corrected chi connectivity index (χ2v) is 13.9. The van der Waals surface area contributed by atoms with E-state index in [1.165, 1.54) is 11.3 Å². The third kappa shape index (κ3) is 4.82. The minimum atomic E-state index is -0.00474. The number of amides is 1. The predicted molar refractivity (Wildman–Crippen MR) is 167 cm³/mol. The van der Waals surface area contributed by atoms with Crippen molar-refractivity contribution in [3.8, 4) is 23.4 Å². The van der Waals surface area contributed by atoms with Crippen LogP contribution in [0.4, 0.5) is 16.1 Å². The Morgan fingerprint density at radius 3 is 2.60 bits per heavy atom. The summed E-state index contributed by atoms with van der Waals surface area (Å²) in [7, 11) is 1.97. The highest BCUT2D eigenvalue weighted by atomic mass is 32.1. The van der Waals surface area contributed by atoms with Crippen molar-refractivity contribution >= 4 is 49.6 Å². The molecule has 1 spiro atoms. The molecule has 3 aliphatic heterocycles. The summed E-state index contributed by atoms with van der Waals surface area (Å²) in [6.07, 6.45) is 1.82. The summed E-state index contributed by atoms with van der Waals surface area (Å²) < 4.78 is 1.92. The van der Waals surface area contributed by atoms with Crippen LogP contribution >= 0.6 is 22.7 Å². The Morgan fingerprint density at radius 1 is 1.14 bits per heavy atom. The molecule has 13 heteroatoms. The van der Waals surface area contributed by atoms with Gasteiger partial charge < -0.3 is 14.7 Å². The first-order chi connectivity index (χ1) is 20.8. The Balaban J connectivity index is 1.06. The van der Waals surface area contributed by atoms with Crippen molar-refractivity contribution in [1.82, 2.24) is 29.4 Å². The molecular formula is C30H32N10OS2. The number of aryl methyl sites for hydroxylation is 2. The first kappa shape index (κ1) is 27.8. The molecule has 3 saturated heterocycles. The third-order valence-corrected chi connectivity index (χ3v) is 10.8. The van der Waals surface area contributed by atoms with E-state index >= 15 is 0 Å². The van der Waals surface area contributed by atoms with Gasteiger partial charge in [-0.1, -0.05) is 59.4 Å². The van der Waals surface area contributed by atoms with Gasteiger partial charge in [-0.05, 0) is 26.3 Å². The number of fused-ring (bicyclic) bond motifs is 1. The van der Waals surface area contributed by atoms with Crippen LogP contribution in [0.25, 0.3) is 16.2 Å². The Bertz CT molecular complexity index is 1780. The van der Waals surface area contributed by atoms with Crippen LogP contribution in [0.5, 0.6) is 0 Å². The molecule has 6 heterocycles. The summed E-state index contributed by atoms with van der Waals surface area (Å²) in [5.41, 5.74) is 3.92. The fraction of sp³-hybridized carbons (Fsp3) is 0.467. The van der Waals surface area contributed by atoms with E-state index in [0.29, 0.717) is 30.2 Å². The number of benzene rings is 1. The first-order valence-electron chi connectivity index (χ1n) is 14.5. The maximum atomic E-state index is 12.6. The normalized spacial score (nSPS) is 18.1. The fourth-order valence-electron chi connectivity index (χ4n) is 6.37. The number of thiazole rings is 1. The molecule has 0 atom stereocenters. The zero-order valence-corrected chi connectivity index (χ0v) is 26.1. The van der Waals surface area contributed by atoms with Crippen LogP contribution in [0.2, 0.25) is 0 Å². The maximum Gasteiger partial charge on any atom is 0.236 e. The monoisotopic (exact) mass is 612 g/mol. The molecule has 1 aromatic carbocycles. The van der Waals surface area contributed by atoms with Gasteiger partial charge in [0.15, 0.2) is 10.9 Å². The van der Waals surface area contributed by atoms with Crippen molar-refractivity contribution in [1.29, 1.82) is 10.5 Å². The van der Waals surface area contributed by atoms with E-state index in [1.807, 2.05) is 47.7 Å². The summed E-state index contributed by atoms with van der Waals surface area (Å²) in [5.74, 6) is 1.01. The number of hydrogen-bond acceptors (Lipinski definition) is 11. The molecule has 0 unspecified atom stereocenters. The number of nitriles is 2. The second kappa shape index (κ2) is 10.6. The number of imidazole rings is 1. The summed E-state index contributed by atoms with van der Waals surface area (Å²) in [6.45, 7) is 9.38. The van der Waals surface area contributed by atoms with Gasteiger partial charge in [0, 0.05) is 50.7 Å². The van der Waals surface area contributed by atoms with Crippen LogP contribution in [-0.4, -0.2) is 88.2 Å². The zero-order chi connectivity index (χ0) is 29.9. The van der Waals surface area contributed by atoms with Crippen LogP contribution in [0, 0.1) is 40.9 Å². The van der Waals surface area contributed by atoms with E-state index < -0.39 is 0 Å². The molecule has 0 aliphatic carbocycles. The molecule has 4 aromatic rings. The molecule has 0 N–H and O–H groups in total. The Hall–Kier alpha value is -4.04. The molecular weight excluding hydrogens is 581 g/mol. The average molecular weight is 613 g/mol. The second-order valence-electron chi connectivity index (χ2n) is 12.0. The number of carbonyl (C=O) groups excluding carboxylic acids is 1. The van der Waals surface area contributed by atoms with Crippen LogP contribution in [0.3, 0.4) is 0 Å². The molecule has 0 bridgehead atoms. The summed E-state index contributed by atoms with van der Waals surface area (Å²) in [4.78, 5) is 32.2. The van der Waals surface area contributed by atoms with Gasteiger partial charge in [0.05, 0.1) is 24.2 Å². The van der Waals surface area contributed by atoms with E-state index in [9.17, 15) is 10.1 Å². The van der Waals surface area contributed by atoms with E-state index in [4.69, 9.17) is 20.3 Å². The Morgan fingerprint density at radius 2 is 1.91 bits per heavy atom. The van der Waals surface area contributed by atoms with Gasteiger partial charge in [0.2, 0.25) is 16.0 Å². The average Bonchev–Trinajstić information content (AvgIpc) is 3.73. The summed E-state index contributed by atoms with van der Waals surface area (Å²) >= 11 is 2.97. The van der Waals surface area contributed by atoms with Gasteiger partial charge >= 0.3 is 0 Å². The van der Waals surface area contributed by atoms with Gasteiger partial charge in [-0.15, -0.1) is 5.10 Å². The van der Waals surface area contributed by atoms with Crippen molar-refractivity contribution in [3.63, 3.8) is 0 Å². The predicted octanol–water partition coefficient (Wildman–Crippen LogP) is 3.92. The van der Waals surface area contributed by atoms with Crippen LogP contribution < -0.4 is 9.80 Å². The smallest absolute Gasteiger partial charge is 0.236 e. The van der Waals surface area contributed by atoms with Gasteiger partial charge in [-0.2, -0.15) is 15.0 Å². The molecule has 7 rings (SSSR count). The van der Waals surface area contributed by atoms with Crippen molar-refractivity contribution in [3.05, 3.63) is 40.4 Å². The first-order valence-corrected chi connectivity index (χ1v) is 16.2. The molecule has 220 valence electrons. The lowest BCUT2D eigenvalue weighted by Crippen LogP contribution is -2.58. The SMILES string of the molecule is CCc1nc2sc(N3CC4(CCN(CC(=O)N5CC(C#N)C5)C4)C3)nn2c1N(C)c1nc(-c2ccc(C)cc2)c(C#N)s1. The molecule has 0 radical (unpaired) electrons. The third-order valence-electron chi connectivity index (χ3n) is 8.84. The molecule has 0 saturated carbocycles. The number of aromatic nitrogens is 4. The number of likely N-dealkylation sites (tertiary alicyclic amines) is 2. The minimum Gasteiger partial charge on any atom is -0.345 e. The number of nitrogens with zero attached hydrogens (tertiary/aromatic N) is 10. The van der Waals surface area contributed by atoms with Crippen molar-refractivity contribution in [2.24, 2.45) is 11.3 Å². The maximum absolute atomic E-state index is 12.6. The van der Waals surface area contributed by atoms with Crippen LogP contribution in [0.15, 0.2) is 24.3 Å². The largest absolute Gasteiger partial charge is 0.345 e. The van der Waals surface area contributed by atoms with Gasteiger partial charge in [-0.25, -0.2) is 9.97 Å². The molecule has 11 nitrogen and oxygen atoms in total. The van der Waals surface area contributed by atoms with Gasteiger partial charge in [-0.3, -0.25) is 9.69 Å². The number of carbonyl (C=O) groups is 1. The Labute approximate surface area is 258 Å². The highest BCUT2D eigenvalue weighted by Crippen LogP contribution is 2.44. The summed E-state index contributed by atoms with van der Waals surface area (Å²) in [5, 5.41) is 25.5. The fourth-order valence-corrected chi connectivity index (χ4v) is 8.13. The zero-order valence-electron chi connectivity index (χ0n) is 24.4. The van der Waals surface area contributed by atoms with Crippen molar-refractivity contribution in [2.75, 3.05) is 62.7 Å². The number of rotatable bonds is 7. The number of hydrogen-bond donors (Lipinski definition) is 0. The van der Waals surface area contributed by atoms with Gasteiger partial charge in [0.1, 0.15) is 16.6 Å². The van der Waals surface area contributed by atoms with E-state index in [2.05, 4.69) is 28.9 Å². The molecule has 3 fully saturated rings. The van der Waals surface area contributed by atoms with Crippen molar-refractivity contribution < 1.29 is 4.79 Å². The Kier molecular flexibility index (Phi) is 6.84. The van der Waals surface area contributed by atoms with Crippen LogP contribution in [0.1, 0.15) is 29.5 Å². The van der Waals surface area contributed by atoms with Gasteiger partial charge in [0.25, 0.3) is 0 Å². The minimum absolute atomic E-state index is 0.00474. The topological polar surface area (TPSA) is 121 Å². The van der Waals surface area contributed by atoms with E-state index in [1.54, 1.807) is 16.2 Å². The molecule has 3 aliphatic rings. The molecule has 1 amide bonds. The molecule has 43 heavy (non-hydrogen) atoms. The highest BCUT2D eigenvalue weighted by Gasteiger charge is 2.49. The lowest BCUT2D eigenvalue weighted by molar-refractivity contribution is -0.137. The standard InChI is InChI=1S/C30H32N10OS2/c1-4-22-26(36(3)27-34-25(23(12-32)42-27)21-7-5-19(2)6-8-21)40-28(33-22)43-29(35-40)39-17-30(18-39)9-10-37(16-30)15-24(41)38-13-20(11-31)14-38/h5-8,20H,4,9-10,13-18H2,1-3H3. The summed E-state index contributed by atoms with van der Waals surface area (Å²) in [6, 6.07) is 12.7. The van der Waals surface area contributed by atoms with E-state index in [0.717, 1.165) is 76.9 Å². The lowest BCUT2D eigenvalue weighted by atomic mass is 9.79. The van der Waals surface area contributed by atoms with E-state index in [-0.39, 0.29) is 17.2 Å². The van der Waals surface area contributed by atoms with Crippen LogP contribution in [-0.2, 0) is 11.2 Å². The number of anilines is 3. The van der Waals surface area contributed by atoms with Crippen molar-refractivity contribution in [2.45, 2.75) is 26.7 Å².